The molecule has 300 valence electrons. The number of allylic oxidation sites excluding steroid dienone is 1. The molecular formula is C60H40N4. The summed E-state index contributed by atoms with van der Waals surface area (Å²) in [5.41, 5.74) is 19.3. The lowest BCUT2D eigenvalue weighted by Crippen LogP contribution is -2.34. The molecule has 1 aromatic heterocycles. The van der Waals surface area contributed by atoms with E-state index in [2.05, 4.69) is 216 Å². The van der Waals surface area contributed by atoms with E-state index >= 15 is 0 Å². The monoisotopic (exact) mass is 816 g/mol. The van der Waals surface area contributed by atoms with Crippen molar-refractivity contribution >= 4 is 50.3 Å². The Morgan fingerprint density at radius 3 is 2.05 bits per heavy atom. The van der Waals surface area contributed by atoms with Gasteiger partial charge in [0, 0.05) is 27.5 Å². The molecular weight excluding hydrogens is 777 g/mol. The van der Waals surface area contributed by atoms with Gasteiger partial charge in [-0.25, -0.2) is 9.98 Å². The fraction of sp³-hybridized carbons (Fsp3) is 0.0667. The van der Waals surface area contributed by atoms with Crippen LogP contribution in [-0.4, -0.2) is 16.2 Å². The van der Waals surface area contributed by atoms with Crippen molar-refractivity contribution in [3.63, 3.8) is 0 Å². The number of nitrogens with one attached hydrogen (secondary N) is 1. The molecule has 3 heterocycles. The molecule has 10 aromatic rings. The standard InChI is InChI=1S/C60H40N4/c1-3-18-42-38(14-1)16-11-24-48(42)58-61-57(62-59(63-58)49-25-12-17-39-15-2-4-19-43(39)49)40-32-30-37(31-33-40)41-34-35-55-53(36-41)60(50-26-8-5-20-44(50)45-21-6-9-27-51(45)60)52-28-13-23-47-46-22-7-10-29-54(46)64(55)56(47)52/h1,3-14,16-36,58H,2,15H2,(H,61,62,63). The Bertz CT molecular complexity index is 3660. The van der Waals surface area contributed by atoms with E-state index in [1.807, 2.05) is 0 Å². The molecule has 9 aromatic carbocycles. The van der Waals surface area contributed by atoms with Crippen LogP contribution >= 0.6 is 0 Å². The van der Waals surface area contributed by atoms with Crippen LogP contribution in [0.3, 0.4) is 0 Å². The highest BCUT2D eigenvalue weighted by Crippen LogP contribution is 2.61. The third-order valence-corrected chi connectivity index (χ3v) is 14.3. The highest BCUT2D eigenvalue weighted by atomic mass is 15.2. The van der Waals surface area contributed by atoms with Gasteiger partial charge in [-0.2, -0.15) is 0 Å². The zero-order valence-corrected chi connectivity index (χ0v) is 35.0. The molecule has 0 amide bonds. The Kier molecular flexibility index (Phi) is 7.47. The summed E-state index contributed by atoms with van der Waals surface area (Å²) in [6.07, 6.45) is 6.28. The van der Waals surface area contributed by atoms with Gasteiger partial charge in [-0.3, -0.25) is 0 Å². The Balaban J connectivity index is 0.931. The van der Waals surface area contributed by atoms with Gasteiger partial charge in [0.25, 0.3) is 0 Å². The summed E-state index contributed by atoms with van der Waals surface area (Å²) in [7, 11) is 0. The molecule has 1 unspecified atom stereocenters. The molecule has 1 atom stereocenters. The van der Waals surface area contributed by atoms with E-state index in [1.54, 1.807) is 0 Å². The molecule has 2 aliphatic heterocycles. The van der Waals surface area contributed by atoms with Crippen LogP contribution < -0.4 is 5.32 Å². The molecule has 4 aliphatic rings. The number of nitrogens with zero attached hydrogens (tertiary/aromatic N) is 3. The third kappa shape index (κ3) is 4.88. The normalized spacial score (nSPS) is 16.2. The third-order valence-electron chi connectivity index (χ3n) is 14.3. The maximum atomic E-state index is 5.36. The average Bonchev–Trinajstić information content (AvgIpc) is 3.86. The molecule has 2 aliphatic carbocycles. The maximum Gasteiger partial charge on any atom is 0.160 e. The number of rotatable bonds is 4. The van der Waals surface area contributed by atoms with Gasteiger partial charge < -0.3 is 9.88 Å². The zero-order chi connectivity index (χ0) is 41.9. The number of amidine groups is 2. The zero-order valence-electron chi connectivity index (χ0n) is 35.0. The summed E-state index contributed by atoms with van der Waals surface area (Å²) in [4.78, 5) is 10.7. The number of fused-ring (bicyclic) bond motifs is 14. The first-order valence-electron chi connectivity index (χ1n) is 22.4. The molecule has 1 N–H and O–H groups in total. The van der Waals surface area contributed by atoms with E-state index in [-0.39, 0.29) is 6.17 Å². The van der Waals surface area contributed by atoms with Crippen molar-refractivity contribution in [2.24, 2.45) is 9.98 Å². The van der Waals surface area contributed by atoms with Crippen molar-refractivity contribution in [1.29, 1.82) is 0 Å². The second kappa shape index (κ2) is 13.5. The van der Waals surface area contributed by atoms with Crippen LogP contribution in [0.4, 0.5) is 0 Å². The number of aromatic nitrogens is 1. The van der Waals surface area contributed by atoms with E-state index in [9.17, 15) is 0 Å². The Hall–Kier alpha value is -8.08. The Morgan fingerprint density at radius 2 is 1.19 bits per heavy atom. The summed E-state index contributed by atoms with van der Waals surface area (Å²) >= 11 is 0. The molecule has 64 heavy (non-hydrogen) atoms. The van der Waals surface area contributed by atoms with Crippen molar-refractivity contribution in [3.8, 4) is 27.9 Å². The van der Waals surface area contributed by atoms with E-state index in [0.717, 1.165) is 46.8 Å². The molecule has 0 fully saturated rings. The van der Waals surface area contributed by atoms with Crippen LogP contribution in [0, 0.1) is 0 Å². The van der Waals surface area contributed by atoms with E-state index in [0.29, 0.717) is 0 Å². The average molecular weight is 817 g/mol. The minimum atomic E-state index is -0.499. The Labute approximate surface area is 371 Å². The highest BCUT2D eigenvalue weighted by molar-refractivity contribution is 6.15. The fourth-order valence-corrected chi connectivity index (χ4v) is 11.6. The minimum Gasteiger partial charge on any atom is -0.344 e. The van der Waals surface area contributed by atoms with Gasteiger partial charge in [0.2, 0.25) is 0 Å². The topological polar surface area (TPSA) is 41.7 Å². The van der Waals surface area contributed by atoms with E-state index in [1.165, 1.54) is 88.3 Å². The highest BCUT2D eigenvalue weighted by Gasteiger charge is 2.50. The molecule has 14 rings (SSSR count). The predicted octanol–water partition coefficient (Wildman–Crippen LogP) is 13.7. The van der Waals surface area contributed by atoms with Crippen molar-refractivity contribution in [2.45, 2.75) is 24.4 Å². The van der Waals surface area contributed by atoms with Gasteiger partial charge in [-0.05, 0) is 97.4 Å². The van der Waals surface area contributed by atoms with Gasteiger partial charge in [0.05, 0.1) is 22.1 Å². The van der Waals surface area contributed by atoms with Crippen molar-refractivity contribution in [1.82, 2.24) is 9.88 Å². The summed E-state index contributed by atoms with van der Waals surface area (Å²) in [6.45, 7) is 0. The largest absolute Gasteiger partial charge is 0.344 e. The maximum absolute atomic E-state index is 5.36. The summed E-state index contributed by atoms with van der Waals surface area (Å²) in [5, 5.41) is 8.73. The van der Waals surface area contributed by atoms with Crippen LogP contribution in [0.25, 0.3) is 66.6 Å². The van der Waals surface area contributed by atoms with Crippen LogP contribution in [0.15, 0.2) is 210 Å². The van der Waals surface area contributed by atoms with E-state index in [4.69, 9.17) is 9.98 Å². The Morgan fingerprint density at radius 1 is 0.531 bits per heavy atom. The first kappa shape index (κ1) is 35.5. The summed E-state index contributed by atoms with van der Waals surface area (Å²) in [5.74, 6) is 1.57. The van der Waals surface area contributed by atoms with Gasteiger partial charge >= 0.3 is 0 Å². The van der Waals surface area contributed by atoms with Gasteiger partial charge in [-0.15, -0.1) is 0 Å². The first-order valence-corrected chi connectivity index (χ1v) is 22.4. The lowest BCUT2D eigenvalue weighted by Gasteiger charge is -2.40. The van der Waals surface area contributed by atoms with Gasteiger partial charge in [0.15, 0.2) is 5.84 Å². The number of aryl methyl sites for hydroxylation is 1. The second-order valence-corrected chi connectivity index (χ2v) is 17.6. The molecule has 0 radical (unpaired) electrons. The smallest absolute Gasteiger partial charge is 0.160 e. The lowest BCUT2D eigenvalue weighted by molar-refractivity contribution is 0.679. The molecule has 4 nitrogen and oxygen atoms in total. The van der Waals surface area contributed by atoms with Gasteiger partial charge in [-0.1, -0.05) is 188 Å². The molecule has 0 saturated carbocycles. The molecule has 0 bridgehead atoms. The fourth-order valence-electron chi connectivity index (χ4n) is 11.6. The van der Waals surface area contributed by atoms with Crippen LogP contribution in [0.5, 0.6) is 0 Å². The molecule has 0 saturated heterocycles. The SMILES string of the molecule is C1=Cc2c(cccc2C2=NC(c3cccc4ccccc34)NC(c3ccc(-c4ccc5c(c4)C4(c6ccccc6-c6ccccc64)c4cccc6c7ccccc7n-5c46)cc3)=N2)CC1. The van der Waals surface area contributed by atoms with Gasteiger partial charge in [0.1, 0.15) is 12.0 Å². The van der Waals surface area contributed by atoms with Crippen molar-refractivity contribution < 1.29 is 0 Å². The van der Waals surface area contributed by atoms with Crippen molar-refractivity contribution in [2.75, 3.05) is 0 Å². The second-order valence-electron chi connectivity index (χ2n) is 17.6. The van der Waals surface area contributed by atoms with Crippen LogP contribution in [0.1, 0.15) is 62.7 Å². The quantitative estimate of drug-likeness (QED) is 0.189. The minimum absolute atomic E-state index is 0.315. The summed E-state index contributed by atoms with van der Waals surface area (Å²) in [6, 6.07) is 71.7. The van der Waals surface area contributed by atoms with Crippen molar-refractivity contribution in [3.05, 3.63) is 250 Å². The van der Waals surface area contributed by atoms with Crippen LogP contribution in [0.2, 0.25) is 0 Å². The number of aliphatic imine (C=N–C) groups is 2. The first-order chi connectivity index (χ1) is 31.7. The number of hydrogen-bond donors (Lipinski definition) is 1. The number of hydrogen-bond acceptors (Lipinski definition) is 3. The number of benzene rings is 9. The molecule has 1 spiro atoms. The molecule has 4 heteroatoms. The summed E-state index contributed by atoms with van der Waals surface area (Å²) < 4.78 is 2.52. The van der Waals surface area contributed by atoms with Crippen LogP contribution in [-0.2, 0) is 11.8 Å². The lowest BCUT2D eigenvalue weighted by atomic mass is 9.65. The van der Waals surface area contributed by atoms with E-state index < -0.39 is 5.41 Å². The predicted molar refractivity (Wildman–Crippen MR) is 264 cm³/mol. The number of para-hydroxylation sites is 2.